The number of ether oxygens (including phenoxy) is 2. The molecule has 1 N–H and O–H groups in total. The molecule has 130 valence electrons. The first-order valence-corrected chi connectivity index (χ1v) is 8.11. The number of methoxy groups -OCH3 is 1. The molecule has 0 heterocycles. The lowest BCUT2D eigenvalue weighted by molar-refractivity contribution is -0.127. The summed E-state index contributed by atoms with van der Waals surface area (Å²) in [6.07, 6.45) is 0.0625. The molecule has 5 nitrogen and oxygen atoms in total. The van der Waals surface area contributed by atoms with Crippen molar-refractivity contribution < 1.29 is 14.3 Å². The van der Waals surface area contributed by atoms with E-state index in [0.29, 0.717) is 24.3 Å². The third-order valence-electron chi connectivity index (χ3n) is 3.79. The van der Waals surface area contributed by atoms with E-state index in [1.54, 1.807) is 38.3 Å². The van der Waals surface area contributed by atoms with Gasteiger partial charge in [0.2, 0.25) is 0 Å². The van der Waals surface area contributed by atoms with E-state index in [0.717, 1.165) is 16.9 Å². The number of hydrogen-bond acceptors (Lipinski definition) is 4. The van der Waals surface area contributed by atoms with Gasteiger partial charge in [-0.2, -0.15) is 5.26 Å². The van der Waals surface area contributed by atoms with Gasteiger partial charge < -0.3 is 14.8 Å². The smallest absolute Gasteiger partial charge is 0.260 e. The summed E-state index contributed by atoms with van der Waals surface area (Å²) in [4.78, 5) is 12.2. The predicted octanol–water partition coefficient (Wildman–Crippen LogP) is 3.00. The number of nitriles is 1. The molecule has 0 saturated heterocycles. The van der Waals surface area contributed by atoms with Crippen molar-refractivity contribution in [2.45, 2.75) is 26.4 Å². The molecule has 0 aliphatic heterocycles. The van der Waals surface area contributed by atoms with Crippen molar-refractivity contribution in [3.63, 3.8) is 0 Å². The molecule has 0 aliphatic carbocycles. The molecule has 1 unspecified atom stereocenters. The molecule has 2 rings (SSSR count). The van der Waals surface area contributed by atoms with E-state index in [4.69, 9.17) is 14.7 Å². The largest absolute Gasteiger partial charge is 0.496 e. The van der Waals surface area contributed by atoms with Crippen molar-refractivity contribution in [3.8, 4) is 17.6 Å². The summed E-state index contributed by atoms with van der Waals surface area (Å²) in [5.41, 5.74) is 2.76. The van der Waals surface area contributed by atoms with Crippen LogP contribution in [-0.2, 0) is 11.2 Å². The van der Waals surface area contributed by atoms with E-state index >= 15 is 0 Å². The molecular formula is C20H22N2O3. The number of amides is 1. The Balaban J connectivity index is 1.85. The molecule has 1 amide bonds. The average Bonchev–Trinajstić information content (AvgIpc) is 2.62. The molecule has 0 aliphatic rings. The first-order chi connectivity index (χ1) is 12.0. The van der Waals surface area contributed by atoms with Crippen LogP contribution in [0.1, 0.15) is 23.6 Å². The van der Waals surface area contributed by atoms with Crippen LogP contribution in [0.3, 0.4) is 0 Å². The zero-order valence-electron chi connectivity index (χ0n) is 14.7. The summed E-state index contributed by atoms with van der Waals surface area (Å²) in [7, 11) is 1.64. The van der Waals surface area contributed by atoms with Crippen molar-refractivity contribution in [2.24, 2.45) is 0 Å². The monoisotopic (exact) mass is 338 g/mol. The molecule has 0 aromatic heterocycles. The molecule has 0 saturated carbocycles. The summed E-state index contributed by atoms with van der Waals surface area (Å²) in [6, 6.07) is 14.7. The highest BCUT2D eigenvalue weighted by molar-refractivity contribution is 5.80. The van der Waals surface area contributed by atoms with E-state index in [-0.39, 0.29) is 5.91 Å². The van der Waals surface area contributed by atoms with Crippen LogP contribution in [0, 0.1) is 18.3 Å². The lowest BCUT2D eigenvalue weighted by atomic mass is 10.1. The number of hydrogen-bond donors (Lipinski definition) is 1. The van der Waals surface area contributed by atoms with Crippen LogP contribution >= 0.6 is 0 Å². The van der Waals surface area contributed by atoms with E-state index in [2.05, 4.69) is 11.4 Å². The Kier molecular flexibility index (Phi) is 6.41. The summed E-state index contributed by atoms with van der Waals surface area (Å²) in [6.45, 7) is 4.22. The van der Waals surface area contributed by atoms with Gasteiger partial charge in [-0.3, -0.25) is 4.79 Å². The number of nitrogens with one attached hydrogen (secondary N) is 1. The van der Waals surface area contributed by atoms with E-state index in [1.165, 1.54) is 0 Å². The molecule has 2 aromatic carbocycles. The Bertz CT molecular complexity index is 764. The molecule has 0 spiro atoms. The van der Waals surface area contributed by atoms with Gasteiger partial charge in [-0.15, -0.1) is 0 Å². The van der Waals surface area contributed by atoms with Crippen LogP contribution in [0.2, 0.25) is 0 Å². The highest BCUT2D eigenvalue weighted by Gasteiger charge is 2.14. The molecule has 5 heteroatoms. The topological polar surface area (TPSA) is 71.3 Å². The van der Waals surface area contributed by atoms with Crippen LogP contribution < -0.4 is 14.8 Å². The third kappa shape index (κ3) is 5.25. The maximum atomic E-state index is 12.2. The first kappa shape index (κ1) is 18.3. The lowest BCUT2D eigenvalue weighted by Crippen LogP contribution is -2.37. The van der Waals surface area contributed by atoms with Gasteiger partial charge in [0, 0.05) is 6.54 Å². The summed E-state index contributed by atoms with van der Waals surface area (Å²) >= 11 is 0. The van der Waals surface area contributed by atoms with Gasteiger partial charge in [0.25, 0.3) is 5.91 Å². The van der Waals surface area contributed by atoms with Crippen molar-refractivity contribution in [3.05, 3.63) is 59.2 Å². The van der Waals surface area contributed by atoms with Crippen LogP contribution in [0.4, 0.5) is 0 Å². The second-order valence-electron chi connectivity index (χ2n) is 5.75. The molecule has 2 aromatic rings. The zero-order chi connectivity index (χ0) is 18.2. The van der Waals surface area contributed by atoms with Gasteiger partial charge in [0.1, 0.15) is 11.5 Å². The molecule has 0 bridgehead atoms. The van der Waals surface area contributed by atoms with Crippen molar-refractivity contribution in [1.82, 2.24) is 5.32 Å². The van der Waals surface area contributed by atoms with Gasteiger partial charge >= 0.3 is 0 Å². The van der Waals surface area contributed by atoms with Crippen LogP contribution in [0.15, 0.2) is 42.5 Å². The summed E-state index contributed by atoms with van der Waals surface area (Å²) in [5.74, 6) is 1.19. The Morgan fingerprint density at radius 3 is 2.60 bits per heavy atom. The van der Waals surface area contributed by atoms with Gasteiger partial charge in [-0.05, 0) is 56.2 Å². The predicted molar refractivity (Wildman–Crippen MR) is 95.7 cm³/mol. The van der Waals surface area contributed by atoms with Gasteiger partial charge in [0.15, 0.2) is 6.10 Å². The van der Waals surface area contributed by atoms with Crippen molar-refractivity contribution in [2.75, 3.05) is 13.7 Å². The van der Waals surface area contributed by atoms with E-state index in [9.17, 15) is 4.79 Å². The Morgan fingerprint density at radius 1 is 1.24 bits per heavy atom. The molecule has 1 atom stereocenters. The number of carbonyl (C=O) groups is 1. The van der Waals surface area contributed by atoms with Crippen molar-refractivity contribution in [1.29, 1.82) is 5.26 Å². The fourth-order valence-corrected chi connectivity index (χ4v) is 2.43. The van der Waals surface area contributed by atoms with Crippen LogP contribution in [-0.4, -0.2) is 25.7 Å². The number of nitrogens with zero attached hydrogens (tertiary/aromatic N) is 1. The highest BCUT2D eigenvalue weighted by atomic mass is 16.5. The number of benzene rings is 2. The zero-order valence-corrected chi connectivity index (χ0v) is 14.7. The fourth-order valence-electron chi connectivity index (χ4n) is 2.43. The number of carbonyl (C=O) groups excluding carboxylic acids is 1. The minimum Gasteiger partial charge on any atom is -0.496 e. The van der Waals surface area contributed by atoms with E-state index < -0.39 is 6.10 Å². The number of aryl methyl sites for hydroxylation is 1. The maximum absolute atomic E-state index is 12.2. The normalized spacial score (nSPS) is 11.3. The van der Waals surface area contributed by atoms with E-state index in [1.807, 2.05) is 25.1 Å². The third-order valence-corrected chi connectivity index (χ3v) is 3.79. The molecule has 0 radical (unpaired) electrons. The highest BCUT2D eigenvalue weighted by Crippen LogP contribution is 2.19. The lowest BCUT2D eigenvalue weighted by Gasteiger charge is -2.15. The number of rotatable bonds is 7. The summed E-state index contributed by atoms with van der Waals surface area (Å²) < 4.78 is 10.9. The molecule has 25 heavy (non-hydrogen) atoms. The Morgan fingerprint density at radius 2 is 1.96 bits per heavy atom. The van der Waals surface area contributed by atoms with Gasteiger partial charge in [-0.25, -0.2) is 0 Å². The second-order valence-corrected chi connectivity index (χ2v) is 5.75. The maximum Gasteiger partial charge on any atom is 0.260 e. The quantitative estimate of drug-likeness (QED) is 0.842. The molecule has 0 fully saturated rings. The SMILES string of the molecule is COc1ccc(C)cc1CCNC(=O)C(C)Oc1ccc(C#N)cc1. The molecular weight excluding hydrogens is 316 g/mol. The van der Waals surface area contributed by atoms with Gasteiger partial charge in [0.05, 0.1) is 18.7 Å². The van der Waals surface area contributed by atoms with Crippen LogP contribution in [0.5, 0.6) is 11.5 Å². The minimum atomic E-state index is -0.618. The first-order valence-electron chi connectivity index (χ1n) is 8.11. The fraction of sp³-hybridized carbons (Fsp3) is 0.300. The average molecular weight is 338 g/mol. The Labute approximate surface area is 148 Å². The van der Waals surface area contributed by atoms with Crippen LogP contribution in [0.25, 0.3) is 0 Å². The summed E-state index contributed by atoms with van der Waals surface area (Å²) in [5, 5.41) is 11.7. The van der Waals surface area contributed by atoms with Gasteiger partial charge in [-0.1, -0.05) is 17.7 Å². The minimum absolute atomic E-state index is 0.184. The second kappa shape index (κ2) is 8.74. The van der Waals surface area contributed by atoms with Crippen molar-refractivity contribution >= 4 is 5.91 Å². The Hall–Kier alpha value is -3.00. The standard InChI is InChI=1S/C20H22N2O3/c1-14-4-9-19(24-3)17(12-14)10-11-22-20(23)15(2)25-18-7-5-16(13-21)6-8-18/h4-9,12,15H,10-11H2,1-3H3,(H,22,23).